The Hall–Kier alpha value is -2.09. The molecule has 0 N–H and O–H groups in total. The summed E-state index contributed by atoms with van der Waals surface area (Å²) in [6.45, 7) is 2.12. The second-order valence-electron chi connectivity index (χ2n) is 4.86. The van der Waals surface area contributed by atoms with E-state index >= 15 is 0 Å². The molecule has 2 nitrogen and oxygen atoms in total. The molecular formula is C17H16O2. The summed E-state index contributed by atoms with van der Waals surface area (Å²) in [5.74, 6) is 0.00569. The van der Waals surface area contributed by atoms with Crippen LogP contribution in [0.3, 0.4) is 0 Å². The van der Waals surface area contributed by atoms with E-state index in [1.54, 1.807) is 0 Å². The first-order valence-electron chi connectivity index (χ1n) is 6.66. The highest BCUT2D eigenvalue weighted by atomic mass is 16.5. The van der Waals surface area contributed by atoms with E-state index in [0.717, 1.165) is 17.4 Å². The van der Waals surface area contributed by atoms with Crippen molar-refractivity contribution in [2.45, 2.75) is 19.4 Å². The van der Waals surface area contributed by atoms with Gasteiger partial charge in [-0.25, -0.2) is 4.79 Å². The highest BCUT2D eigenvalue weighted by Gasteiger charge is 2.28. The molecule has 1 heterocycles. The first-order valence-corrected chi connectivity index (χ1v) is 6.66. The van der Waals surface area contributed by atoms with Crippen molar-refractivity contribution in [3.63, 3.8) is 0 Å². The van der Waals surface area contributed by atoms with Crippen LogP contribution in [0.15, 0.2) is 54.6 Å². The molecule has 3 rings (SSSR count). The molecule has 0 bridgehead atoms. The predicted octanol–water partition coefficient (Wildman–Crippen LogP) is 4.02. The van der Waals surface area contributed by atoms with Gasteiger partial charge in [0.25, 0.3) is 0 Å². The van der Waals surface area contributed by atoms with Crippen LogP contribution < -0.4 is 0 Å². The fourth-order valence-corrected chi connectivity index (χ4v) is 2.70. The van der Waals surface area contributed by atoms with Crippen LogP contribution in [0.5, 0.6) is 0 Å². The van der Waals surface area contributed by atoms with Crippen molar-refractivity contribution in [1.82, 2.24) is 0 Å². The Labute approximate surface area is 112 Å². The quantitative estimate of drug-likeness (QED) is 0.754. The van der Waals surface area contributed by atoms with Crippen LogP contribution in [0.4, 0.5) is 0 Å². The molecule has 2 atom stereocenters. The van der Waals surface area contributed by atoms with Crippen molar-refractivity contribution in [2.24, 2.45) is 5.92 Å². The Morgan fingerprint density at radius 1 is 1.11 bits per heavy atom. The zero-order valence-electron chi connectivity index (χ0n) is 10.9. The number of fused-ring (bicyclic) bond motifs is 1. The van der Waals surface area contributed by atoms with Gasteiger partial charge in [-0.05, 0) is 17.2 Å². The molecule has 0 fully saturated rings. The monoisotopic (exact) mass is 252 g/mol. The SMILES string of the molecule is CC[C@@H]1C=CC(=O)O[C@@H]1c1cccc2ccccc12. The summed E-state index contributed by atoms with van der Waals surface area (Å²) < 4.78 is 5.56. The summed E-state index contributed by atoms with van der Waals surface area (Å²) in [7, 11) is 0. The van der Waals surface area contributed by atoms with Gasteiger partial charge in [0.2, 0.25) is 0 Å². The van der Waals surface area contributed by atoms with Crippen LogP contribution in [0.25, 0.3) is 10.8 Å². The molecule has 0 radical (unpaired) electrons. The molecule has 1 aliphatic heterocycles. The topological polar surface area (TPSA) is 26.3 Å². The summed E-state index contributed by atoms with van der Waals surface area (Å²) in [4.78, 5) is 11.5. The normalized spacial score (nSPS) is 22.5. The Bertz CT molecular complexity index is 637. The average molecular weight is 252 g/mol. The van der Waals surface area contributed by atoms with Gasteiger partial charge in [0.15, 0.2) is 0 Å². The van der Waals surface area contributed by atoms with E-state index in [9.17, 15) is 4.79 Å². The van der Waals surface area contributed by atoms with E-state index in [-0.39, 0.29) is 18.0 Å². The summed E-state index contributed by atoms with van der Waals surface area (Å²) in [6, 6.07) is 14.4. The highest BCUT2D eigenvalue weighted by molar-refractivity contribution is 5.87. The van der Waals surface area contributed by atoms with Gasteiger partial charge < -0.3 is 4.74 Å². The Morgan fingerprint density at radius 3 is 2.74 bits per heavy atom. The van der Waals surface area contributed by atoms with Gasteiger partial charge in [-0.2, -0.15) is 0 Å². The molecule has 2 heteroatoms. The van der Waals surface area contributed by atoms with E-state index in [1.807, 2.05) is 24.3 Å². The number of cyclic esters (lactones) is 1. The number of ether oxygens (including phenoxy) is 1. The Morgan fingerprint density at radius 2 is 1.89 bits per heavy atom. The molecule has 0 saturated carbocycles. The van der Waals surface area contributed by atoms with Crippen LogP contribution in [-0.4, -0.2) is 5.97 Å². The standard InChI is InChI=1S/C17H16O2/c1-2-12-10-11-16(18)19-17(12)15-9-5-7-13-6-3-4-8-14(13)15/h3-12,17H,2H2,1H3/t12-,17+/m1/s1. The van der Waals surface area contributed by atoms with Gasteiger partial charge in [0, 0.05) is 17.6 Å². The first-order chi connectivity index (χ1) is 9.29. The summed E-state index contributed by atoms with van der Waals surface area (Å²) in [6.07, 6.45) is 4.29. The van der Waals surface area contributed by atoms with Crippen molar-refractivity contribution < 1.29 is 9.53 Å². The molecule has 0 amide bonds. The van der Waals surface area contributed by atoms with Crippen LogP contribution in [0, 0.1) is 5.92 Å². The zero-order chi connectivity index (χ0) is 13.2. The lowest BCUT2D eigenvalue weighted by Crippen LogP contribution is -2.21. The lowest BCUT2D eigenvalue weighted by Gasteiger charge is -2.28. The van der Waals surface area contributed by atoms with E-state index in [1.165, 1.54) is 11.5 Å². The summed E-state index contributed by atoms with van der Waals surface area (Å²) in [5.41, 5.74) is 1.10. The number of hydrogen-bond acceptors (Lipinski definition) is 2. The van der Waals surface area contributed by atoms with Crippen LogP contribution in [-0.2, 0) is 9.53 Å². The van der Waals surface area contributed by atoms with E-state index < -0.39 is 0 Å². The molecule has 96 valence electrons. The number of esters is 1. The third-order valence-electron chi connectivity index (χ3n) is 3.71. The van der Waals surface area contributed by atoms with Crippen molar-refractivity contribution in [3.05, 3.63) is 60.2 Å². The van der Waals surface area contributed by atoms with E-state index in [0.29, 0.717) is 0 Å². The number of benzene rings is 2. The Kier molecular flexibility index (Phi) is 3.08. The maximum Gasteiger partial charge on any atom is 0.331 e. The maximum absolute atomic E-state index is 11.5. The van der Waals surface area contributed by atoms with Gasteiger partial charge in [0.1, 0.15) is 6.10 Å². The molecule has 2 aromatic rings. The second kappa shape index (κ2) is 4.88. The fourth-order valence-electron chi connectivity index (χ4n) is 2.70. The number of carbonyl (C=O) groups excluding carboxylic acids is 1. The van der Waals surface area contributed by atoms with E-state index in [2.05, 4.69) is 31.2 Å². The van der Waals surface area contributed by atoms with Gasteiger partial charge in [-0.15, -0.1) is 0 Å². The Balaban J connectivity index is 2.13. The molecule has 0 unspecified atom stereocenters. The summed E-state index contributed by atoms with van der Waals surface area (Å²) in [5, 5.41) is 2.34. The number of rotatable bonds is 2. The number of hydrogen-bond donors (Lipinski definition) is 0. The van der Waals surface area contributed by atoms with Crippen molar-refractivity contribution in [3.8, 4) is 0 Å². The van der Waals surface area contributed by atoms with E-state index in [4.69, 9.17) is 4.74 Å². The maximum atomic E-state index is 11.5. The second-order valence-corrected chi connectivity index (χ2v) is 4.86. The first kappa shape index (κ1) is 12.0. The summed E-state index contributed by atoms with van der Waals surface area (Å²) >= 11 is 0. The molecule has 1 aliphatic rings. The highest BCUT2D eigenvalue weighted by Crippen LogP contribution is 2.36. The van der Waals surface area contributed by atoms with Crippen LogP contribution >= 0.6 is 0 Å². The largest absolute Gasteiger partial charge is 0.454 e. The molecule has 0 spiro atoms. The molecule has 0 aliphatic carbocycles. The van der Waals surface area contributed by atoms with Gasteiger partial charge in [-0.1, -0.05) is 55.5 Å². The molecule has 19 heavy (non-hydrogen) atoms. The zero-order valence-corrected chi connectivity index (χ0v) is 10.9. The van der Waals surface area contributed by atoms with Crippen molar-refractivity contribution in [1.29, 1.82) is 0 Å². The van der Waals surface area contributed by atoms with Crippen LogP contribution in [0.1, 0.15) is 25.0 Å². The molecule has 2 aromatic carbocycles. The van der Waals surface area contributed by atoms with Gasteiger partial charge in [0.05, 0.1) is 0 Å². The predicted molar refractivity (Wildman–Crippen MR) is 75.7 cm³/mol. The lowest BCUT2D eigenvalue weighted by molar-refractivity contribution is -0.147. The fraction of sp³-hybridized carbons (Fsp3) is 0.235. The lowest BCUT2D eigenvalue weighted by atomic mass is 9.88. The third-order valence-corrected chi connectivity index (χ3v) is 3.71. The minimum Gasteiger partial charge on any atom is -0.454 e. The molecule has 0 saturated heterocycles. The number of carbonyl (C=O) groups is 1. The molecular weight excluding hydrogens is 236 g/mol. The minimum absolute atomic E-state index is 0.173. The van der Waals surface area contributed by atoms with Gasteiger partial charge in [-0.3, -0.25) is 0 Å². The van der Waals surface area contributed by atoms with Gasteiger partial charge >= 0.3 is 5.97 Å². The molecule has 0 aromatic heterocycles. The smallest absolute Gasteiger partial charge is 0.331 e. The third kappa shape index (κ3) is 2.14. The van der Waals surface area contributed by atoms with Crippen LogP contribution in [0.2, 0.25) is 0 Å². The van der Waals surface area contributed by atoms with Crippen molar-refractivity contribution in [2.75, 3.05) is 0 Å². The van der Waals surface area contributed by atoms with Crippen molar-refractivity contribution >= 4 is 16.7 Å². The minimum atomic E-state index is -0.248. The average Bonchev–Trinajstić information content (AvgIpc) is 2.46.